The van der Waals surface area contributed by atoms with Crippen LogP contribution >= 0.6 is 0 Å². The standard InChI is InChI=1S/C48H30N2/c1-2-11-35(12-3-1)49-45-16-8-6-14-41(45)43-25-19-33(30-48(43)49)32-21-27-47-44(29-32)42-15-7-9-17-46(42)50(47)36-22-26-38-34(28-36)20-24-39-37-13-5-4-10-31(37)18-23-40(38)39/h1-30H. The molecule has 0 aliphatic rings. The SMILES string of the molecule is c1ccc(-n2c3ccccc3c3ccc(-c4ccc5c(c4)c4ccccc4n5-c4ccc5c(ccc6c7ccccc7ccc56)c4)cc32)cc1. The molecule has 0 N–H and O–H groups in total. The van der Waals surface area contributed by atoms with Gasteiger partial charge in [-0.2, -0.15) is 0 Å². The quantitative estimate of drug-likeness (QED) is 0.171. The molecule has 0 bridgehead atoms. The number of benzene rings is 9. The first kappa shape index (κ1) is 27.3. The summed E-state index contributed by atoms with van der Waals surface area (Å²) in [5.74, 6) is 0. The summed E-state index contributed by atoms with van der Waals surface area (Å²) in [5, 5.41) is 12.8. The predicted octanol–water partition coefficient (Wildman–Crippen LogP) is 13.0. The van der Waals surface area contributed by atoms with E-state index in [-0.39, 0.29) is 0 Å². The summed E-state index contributed by atoms with van der Waals surface area (Å²) in [4.78, 5) is 0. The molecule has 0 spiro atoms. The third-order valence-corrected chi connectivity index (χ3v) is 10.7. The molecule has 0 unspecified atom stereocenters. The molecule has 2 aromatic heterocycles. The molecule has 2 heterocycles. The van der Waals surface area contributed by atoms with Gasteiger partial charge in [0.2, 0.25) is 0 Å². The topological polar surface area (TPSA) is 9.86 Å². The maximum atomic E-state index is 2.43. The van der Waals surface area contributed by atoms with E-state index < -0.39 is 0 Å². The van der Waals surface area contributed by atoms with Gasteiger partial charge in [-0.25, -0.2) is 0 Å². The van der Waals surface area contributed by atoms with E-state index in [1.165, 1.54) is 98.4 Å². The van der Waals surface area contributed by atoms with Gasteiger partial charge in [0.25, 0.3) is 0 Å². The highest BCUT2D eigenvalue weighted by Gasteiger charge is 2.16. The molecule has 232 valence electrons. The Morgan fingerprint density at radius 3 is 1.56 bits per heavy atom. The van der Waals surface area contributed by atoms with E-state index in [1.807, 2.05) is 0 Å². The number of para-hydroxylation sites is 3. The zero-order valence-electron chi connectivity index (χ0n) is 27.2. The van der Waals surface area contributed by atoms with Crippen molar-refractivity contribution in [3.63, 3.8) is 0 Å². The van der Waals surface area contributed by atoms with E-state index in [9.17, 15) is 0 Å². The fourth-order valence-corrected chi connectivity index (χ4v) is 8.39. The highest BCUT2D eigenvalue weighted by atomic mass is 15.0. The fraction of sp³-hybridized carbons (Fsp3) is 0. The largest absolute Gasteiger partial charge is 0.309 e. The Hall–Kier alpha value is -6.64. The second-order valence-electron chi connectivity index (χ2n) is 13.4. The van der Waals surface area contributed by atoms with Crippen LogP contribution in [0.1, 0.15) is 0 Å². The van der Waals surface area contributed by atoms with Gasteiger partial charge >= 0.3 is 0 Å². The highest BCUT2D eigenvalue weighted by Crippen LogP contribution is 2.39. The minimum absolute atomic E-state index is 1.17. The van der Waals surface area contributed by atoms with E-state index in [1.54, 1.807) is 0 Å². The van der Waals surface area contributed by atoms with Crippen LogP contribution in [0.2, 0.25) is 0 Å². The van der Waals surface area contributed by atoms with Gasteiger partial charge in [-0.05, 0) is 98.0 Å². The number of hydrogen-bond acceptors (Lipinski definition) is 0. The molecule has 2 nitrogen and oxygen atoms in total. The highest BCUT2D eigenvalue weighted by molar-refractivity contribution is 6.18. The summed E-state index contributed by atoms with van der Waals surface area (Å²) in [5.41, 5.74) is 9.63. The molecule has 11 rings (SSSR count). The predicted molar refractivity (Wildman–Crippen MR) is 213 cm³/mol. The van der Waals surface area contributed by atoms with E-state index >= 15 is 0 Å². The van der Waals surface area contributed by atoms with Crippen molar-refractivity contribution < 1.29 is 0 Å². The molecule has 0 saturated carbocycles. The Morgan fingerprint density at radius 2 is 0.760 bits per heavy atom. The molecule has 0 saturated heterocycles. The Bertz CT molecular complexity index is 3140. The molecule has 0 aliphatic heterocycles. The second kappa shape index (κ2) is 10.4. The zero-order chi connectivity index (χ0) is 32.8. The van der Waals surface area contributed by atoms with Crippen molar-refractivity contribution in [2.75, 3.05) is 0 Å². The van der Waals surface area contributed by atoms with Gasteiger partial charge in [-0.3, -0.25) is 0 Å². The van der Waals surface area contributed by atoms with Crippen molar-refractivity contribution in [1.29, 1.82) is 0 Å². The summed E-state index contributed by atoms with van der Waals surface area (Å²) in [6.45, 7) is 0. The van der Waals surface area contributed by atoms with Gasteiger partial charge in [0.15, 0.2) is 0 Å². The molecule has 11 aromatic rings. The van der Waals surface area contributed by atoms with Crippen molar-refractivity contribution in [3.8, 4) is 22.5 Å². The van der Waals surface area contributed by atoms with Crippen LogP contribution in [0.25, 0.3) is 98.4 Å². The summed E-state index contributed by atoms with van der Waals surface area (Å²) in [7, 11) is 0. The summed E-state index contributed by atoms with van der Waals surface area (Å²) in [6, 6.07) is 66.8. The Morgan fingerprint density at radius 1 is 0.240 bits per heavy atom. The van der Waals surface area contributed by atoms with Crippen LogP contribution in [0.4, 0.5) is 0 Å². The van der Waals surface area contributed by atoms with Crippen LogP contribution in [0.15, 0.2) is 182 Å². The second-order valence-corrected chi connectivity index (χ2v) is 13.4. The Balaban J connectivity index is 1.09. The van der Waals surface area contributed by atoms with Crippen molar-refractivity contribution >= 4 is 75.9 Å². The normalized spacial score (nSPS) is 12.0. The lowest BCUT2D eigenvalue weighted by atomic mass is 9.97. The van der Waals surface area contributed by atoms with Crippen molar-refractivity contribution in [1.82, 2.24) is 9.13 Å². The van der Waals surface area contributed by atoms with E-state index in [0.29, 0.717) is 0 Å². The maximum absolute atomic E-state index is 2.43. The number of hydrogen-bond donors (Lipinski definition) is 0. The molecular weight excluding hydrogens is 605 g/mol. The fourth-order valence-electron chi connectivity index (χ4n) is 8.39. The third kappa shape index (κ3) is 3.90. The van der Waals surface area contributed by atoms with E-state index in [2.05, 4.69) is 191 Å². The van der Waals surface area contributed by atoms with Gasteiger partial charge in [0.05, 0.1) is 22.1 Å². The van der Waals surface area contributed by atoms with Crippen LogP contribution in [-0.4, -0.2) is 9.13 Å². The van der Waals surface area contributed by atoms with Gasteiger partial charge in [0, 0.05) is 32.9 Å². The lowest BCUT2D eigenvalue weighted by Crippen LogP contribution is -1.94. The van der Waals surface area contributed by atoms with Crippen molar-refractivity contribution in [2.45, 2.75) is 0 Å². The Labute approximate surface area is 288 Å². The van der Waals surface area contributed by atoms with Crippen LogP contribution in [0, 0.1) is 0 Å². The minimum Gasteiger partial charge on any atom is -0.309 e. The molecule has 9 aromatic carbocycles. The average Bonchev–Trinajstić information content (AvgIpc) is 3.70. The van der Waals surface area contributed by atoms with E-state index in [0.717, 1.165) is 0 Å². The van der Waals surface area contributed by atoms with Gasteiger partial charge in [-0.15, -0.1) is 0 Å². The molecule has 0 atom stereocenters. The van der Waals surface area contributed by atoms with Gasteiger partial charge in [-0.1, -0.05) is 127 Å². The summed E-state index contributed by atoms with van der Waals surface area (Å²) in [6.07, 6.45) is 0. The first-order valence-electron chi connectivity index (χ1n) is 17.3. The van der Waals surface area contributed by atoms with Crippen LogP contribution in [-0.2, 0) is 0 Å². The minimum atomic E-state index is 1.17. The zero-order valence-corrected chi connectivity index (χ0v) is 27.2. The van der Waals surface area contributed by atoms with Crippen LogP contribution in [0.5, 0.6) is 0 Å². The molecule has 0 fully saturated rings. The maximum Gasteiger partial charge on any atom is 0.0547 e. The smallest absolute Gasteiger partial charge is 0.0547 e. The lowest BCUT2D eigenvalue weighted by molar-refractivity contribution is 1.18. The number of fused-ring (bicyclic) bond motifs is 11. The number of rotatable bonds is 3. The monoisotopic (exact) mass is 634 g/mol. The third-order valence-electron chi connectivity index (χ3n) is 10.7. The van der Waals surface area contributed by atoms with E-state index in [4.69, 9.17) is 0 Å². The number of nitrogens with zero attached hydrogens (tertiary/aromatic N) is 2. The van der Waals surface area contributed by atoms with Gasteiger partial charge < -0.3 is 9.13 Å². The lowest BCUT2D eigenvalue weighted by Gasteiger charge is -2.12. The molecule has 0 aliphatic carbocycles. The number of aromatic nitrogens is 2. The molecular formula is C48H30N2. The molecule has 0 radical (unpaired) electrons. The van der Waals surface area contributed by atoms with Crippen LogP contribution in [0.3, 0.4) is 0 Å². The Kier molecular flexibility index (Phi) is 5.70. The van der Waals surface area contributed by atoms with Gasteiger partial charge in [0.1, 0.15) is 0 Å². The molecule has 2 heteroatoms. The summed E-state index contributed by atoms with van der Waals surface area (Å²) < 4.78 is 4.82. The van der Waals surface area contributed by atoms with Crippen molar-refractivity contribution in [2.24, 2.45) is 0 Å². The van der Waals surface area contributed by atoms with Crippen molar-refractivity contribution in [3.05, 3.63) is 182 Å². The average molecular weight is 635 g/mol. The molecule has 50 heavy (non-hydrogen) atoms. The first-order valence-corrected chi connectivity index (χ1v) is 17.3. The summed E-state index contributed by atoms with van der Waals surface area (Å²) >= 11 is 0. The molecule has 0 amide bonds. The van der Waals surface area contributed by atoms with Crippen LogP contribution < -0.4 is 0 Å². The first-order chi connectivity index (χ1) is 24.8.